The molecule has 0 bridgehead atoms. The van der Waals surface area contributed by atoms with E-state index in [2.05, 4.69) is 29.8 Å². The van der Waals surface area contributed by atoms with Crippen LogP contribution >= 0.6 is 0 Å². The Morgan fingerprint density at radius 1 is 1.13 bits per heavy atom. The molecule has 0 N–H and O–H groups in total. The Hall–Kier alpha value is -2.21. The van der Waals surface area contributed by atoms with Gasteiger partial charge in [-0.15, -0.1) is 0 Å². The first-order chi connectivity index (χ1) is 11.2. The molecule has 0 unspecified atom stereocenters. The van der Waals surface area contributed by atoms with Crippen molar-refractivity contribution in [1.82, 2.24) is 4.57 Å². The summed E-state index contributed by atoms with van der Waals surface area (Å²) in [6.45, 7) is 2.18. The Balaban J connectivity index is 1.73. The van der Waals surface area contributed by atoms with E-state index in [4.69, 9.17) is 4.74 Å². The highest BCUT2D eigenvalue weighted by Gasteiger charge is 2.38. The van der Waals surface area contributed by atoms with Crippen LogP contribution in [-0.4, -0.2) is 4.57 Å². The summed E-state index contributed by atoms with van der Waals surface area (Å²) in [5.74, 6) is 1.23. The highest BCUT2D eigenvalue weighted by Crippen LogP contribution is 2.44. The van der Waals surface area contributed by atoms with Crippen LogP contribution in [0.2, 0.25) is 0 Å². The molecule has 0 fully saturated rings. The summed E-state index contributed by atoms with van der Waals surface area (Å²) in [5.41, 5.74) is 2.96. The van der Waals surface area contributed by atoms with Crippen LogP contribution in [0.15, 0.2) is 41.8 Å². The van der Waals surface area contributed by atoms with Crippen molar-refractivity contribution in [2.75, 3.05) is 0 Å². The van der Waals surface area contributed by atoms with Crippen LogP contribution < -0.4 is 0 Å². The van der Waals surface area contributed by atoms with Gasteiger partial charge in [-0.25, -0.2) is 0 Å². The Morgan fingerprint density at radius 2 is 1.96 bits per heavy atom. The Kier molecular flexibility index (Phi) is 3.41. The second-order valence-electron chi connectivity index (χ2n) is 6.93. The molecule has 1 aromatic carbocycles. The van der Waals surface area contributed by atoms with Gasteiger partial charge in [0.2, 0.25) is 0 Å². The van der Waals surface area contributed by atoms with E-state index in [1.807, 2.05) is 18.2 Å². The number of hydrogen-bond acceptors (Lipinski definition) is 2. The zero-order valence-corrected chi connectivity index (χ0v) is 13.6. The number of benzene rings is 1. The molecule has 2 aromatic rings. The fourth-order valence-electron chi connectivity index (χ4n) is 4.11. The molecule has 0 radical (unpaired) electrons. The van der Waals surface area contributed by atoms with Crippen LogP contribution in [0.1, 0.15) is 57.4 Å². The Bertz CT molecular complexity index is 802. The predicted molar refractivity (Wildman–Crippen MR) is 90.7 cm³/mol. The van der Waals surface area contributed by atoms with Crippen molar-refractivity contribution in [2.24, 2.45) is 0 Å². The van der Waals surface area contributed by atoms with Gasteiger partial charge in [0.05, 0.1) is 22.9 Å². The van der Waals surface area contributed by atoms with Crippen LogP contribution in [0.25, 0.3) is 10.9 Å². The van der Waals surface area contributed by atoms with Crippen molar-refractivity contribution in [3.05, 3.63) is 47.4 Å². The van der Waals surface area contributed by atoms with Crippen LogP contribution in [0, 0.1) is 11.3 Å². The predicted octanol–water partition coefficient (Wildman–Crippen LogP) is 5.21. The van der Waals surface area contributed by atoms with Gasteiger partial charge in [-0.1, -0.05) is 18.9 Å². The van der Waals surface area contributed by atoms with E-state index in [1.54, 1.807) is 0 Å². The number of nitriles is 1. The molecule has 4 rings (SSSR count). The molecule has 2 aliphatic rings. The summed E-state index contributed by atoms with van der Waals surface area (Å²) >= 11 is 0. The van der Waals surface area contributed by atoms with Gasteiger partial charge in [0.25, 0.3) is 0 Å². The third kappa shape index (κ3) is 2.34. The first kappa shape index (κ1) is 14.4. The van der Waals surface area contributed by atoms with Gasteiger partial charge in [0.15, 0.2) is 5.72 Å². The summed E-state index contributed by atoms with van der Waals surface area (Å²) in [7, 11) is 0. The van der Waals surface area contributed by atoms with E-state index in [0.717, 1.165) is 29.3 Å². The number of fused-ring (bicyclic) bond motifs is 1. The zero-order chi connectivity index (χ0) is 15.9. The van der Waals surface area contributed by atoms with Gasteiger partial charge in [-0.2, -0.15) is 5.26 Å². The van der Waals surface area contributed by atoms with Gasteiger partial charge < -0.3 is 9.30 Å². The molecule has 3 nitrogen and oxygen atoms in total. The standard InChI is InChI=1S/C20H22N2O/c1-20(13-15-7-4-2-3-5-10-19(15)23-20)22-12-11-17-16(14-21)8-6-9-18(17)22/h6,8-9,11-12H,2-5,7,10,13H2,1H3/t20-/m1/s1. The number of rotatable bonds is 1. The number of hydrogen-bond donors (Lipinski definition) is 0. The highest BCUT2D eigenvalue weighted by atomic mass is 16.5. The van der Waals surface area contributed by atoms with Crippen molar-refractivity contribution < 1.29 is 4.74 Å². The maximum absolute atomic E-state index is 9.31. The zero-order valence-electron chi connectivity index (χ0n) is 13.6. The minimum absolute atomic E-state index is 0.356. The summed E-state index contributed by atoms with van der Waals surface area (Å²) in [5, 5.41) is 10.3. The van der Waals surface area contributed by atoms with Crippen molar-refractivity contribution in [3.8, 4) is 6.07 Å². The molecule has 1 aromatic heterocycles. The number of allylic oxidation sites excluding steroid dienone is 1. The maximum atomic E-state index is 9.31. The summed E-state index contributed by atoms with van der Waals surface area (Å²) in [6.07, 6.45) is 10.5. The second-order valence-corrected chi connectivity index (χ2v) is 6.93. The first-order valence-electron chi connectivity index (χ1n) is 8.62. The largest absolute Gasteiger partial charge is 0.472 e. The summed E-state index contributed by atoms with van der Waals surface area (Å²) in [4.78, 5) is 0. The number of nitrogens with zero attached hydrogens (tertiary/aromatic N) is 2. The molecule has 1 atom stereocenters. The monoisotopic (exact) mass is 306 g/mol. The average molecular weight is 306 g/mol. The van der Waals surface area contributed by atoms with Crippen molar-refractivity contribution in [3.63, 3.8) is 0 Å². The molecule has 118 valence electrons. The maximum Gasteiger partial charge on any atom is 0.187 e. The lowest BCUT2D eigenvalue weighted by Gasteiger charge is -2.28. The molecule has 1 aliphatic heterocycles. The highest BCUT2D eigenvalue weighted by molar-refractivity contribution is 5.86. The van der Waals surface area contributed by atoms with E-state index in [0.29, 0.717) is 0 Å². The minimum atomic E-state index is -0.356. The fourth-order valence-corrected chi connectivity index (χ4v) is 4.11. The molecule has 0 spiro atoms. The Labute approximate surface area is 137 Å². The molecular weight excluding hydrogens is 284 g/mol. The van der Waals surface area contributed by atoms with Gasteiger partial charge in [0.1, 0.15) is 0 Å². The molecule has 0 saturated heterocycles. The lowest BCUT2D eigenvalue weighted by Crippen LogP contribution is -2.29. The molecular formula is C20H22N2O. The second kappa shape index (κ2) is 5.45. The van der Waals surface area contributed by atoms with Gasteiger partial charge >= 0.3 is 0 Å². The normalized spacial score (nSPS) is 24.7. The first-order valence-corrected chi connectivity index (χ1v) is 8.62. The van der Waals surface area contributed by atoms with Gasteiger partial charge in [0, 0.05) is 24.4 Å². The quantitative estimate of drug-likeness (QED) is 0.725. The smallest absolute Gasteiger partial charge is 0.187 e. The topological polar surface area (TPSA) is 38.0 Å². The summed E-state index contributed by atoms with van der Waals surface area (Å²) < 4.78 is 8.69. The van der Waals surface area contributed by atoms with Crippen LogP contribution in [0.4, 0.5) is 0 Å². The van der Waals surface area contributed by atoms with E-state index >= 15 is 0 Å². The molecule has 23 heavy (non-hydrogen) atoms. The van der Waals surface area contributed by atoms with E-state index in [-0.39, 0.29) is 5.72 Å². The molecule has 2 heterocycles. The molecule has 0 saturated carbocycles. The molecule has 1 aliphatic carbocycles. The number of aromatic nitrogens is 1. The van der Waals surface area contributed by atoms with Crippen molar-refractivity contribution >= 4 is 10.9 Å². The average Bonchev–Trinajstić information content (AvgIpc) is 3.10. The third-order valence-electron chi connectivity index (χ3n) is 5.27. The minimum Gasteiger partial charge on any atom is -0.472 e. The van der Waals surface area contributed by atoms with Crippen LogP contribution in [0.3, 0.4) is 0 Å². The van der Waals surface area contributed by atoms with E-state index in [1.165, 1.54) is 43.4 Å². The molecule has 3 heteroatoms. The SMILES string of the molecule is C[C@]1(n2ccc3c(C#N)cccc32)CC2=C(CCCCCC2)O1. The number of ether oxygens (including phenoxy) is 1. The molecule has 0 amide bonds. The third-order valence-corrected chi connectivity index (χ3v) is 5.27. The van der Waals surface area contributed by atoms with Crippen molar-refractivity contribution in [1.29, 1.82) is 5.26 Å². The fraction of sp³-hybridized carbons (Fsp3) is 0.450. The van der Waals surface area contributed by atoms with Crippen LogP contribution in [0.5, 0.6) is 0 Å². The Morgan fingerprint density at radius 3 is 2.78 bits per heavy atom. The summed E-state index contributed by atoms with van der Waals surface area (Å²) in [6, 6.07) is 10.2. The van der Waals surface area contributed by atoms with Gasteiger partial charge in [-0.05, 0) is 50.0 Å². The van der Waals surface area contributed by atoms with Gasteiger partial charge in [-0.3, -0.25) is 0 Å². The van der Waals surface area contributed by atoms with E-state index in [9.17, 15) is 5.26 Å². The van der Waals surface area contributed by atoms with Crippen LogP contribution in [-0.2, 0) is 10.5 Å². The lowest BCUT2D eigenvalue weighted by molar-refractivity contribution is -0.0273. The van der Waals surface area contributed by atoms with E-state index < -0.39 is 0 Å². The lowest BCUT2D eigenvalue weighted by atomic mass is 9.95. The van der Waals surface area contributed by atoms with Crippen molar-refractivity contribution in [2.45, 2.75) is 57.6 Å².